The molecule has 1 aromatic rings. The van der Waals surface area contributed by atoms with Gasteiger partial charge in [0, 0.05) is 21.2 Å². The fourth-order valence-electron chi connectivity index (χ4n) is 0.700. The first-order valence-electron chi connectivity index (χ1n) is 3.45. The number of thioether (sulfide) groups is 1. The first-order chi connectivity index (χ1) is 5.83. The highest BCUT2D eigenvalue weighted by molar-refractivity contribution is 7.99. The lowest BCUT2D eigenvalue weighted by Gasteiger charge is -1.98. The molecule has 0 atom stereocenters. The van der Waals surface area contributed by atoms with Crippen LogP contribution in [-0.4, -0.2) is 5.75 Å². The lowest BCUT2D eigenvalue weighted by atomic mass is 10.4. The summed E-state index contributed by atoms with van der Waals surface area (Å²) in [5, 5.41) is 0.672. The van der Waals surface area contributed by atoms with Gasteiger partial charge in [0.15, 0.2) is 0 Å². The minimum atomic E-state index is 0.672. The molecule has 0 nitrogen and oxygen atoms in total. The molecule has 0 aliphatic rings. The van der Waals surface area contributed by atoms with Crippen LogP contribution < -0.4 is 0 Å². The normalized spacial score (nSPS) is 11.7. The van der Waals surface area contributed by atoms with E-state index in [1.165, 1.54) is 10.4 Å². The molecule has 0 unspecified atom stereocenters. The molecule has 0 heterocycles. The monoisotopic (exact) mass is 218 g/mol. The predicted octanol–water partition coefficient (Wildman–Crippen LogP) is 4.10. The van der Waals surface area contributed by atoms with Crippen molar-refractivity contribution in [3.05, 3.63) is 40.9 Å². The molecular formula is C9H8Cl2S. The van der Waals surface area contributed by atoms with Gasteiger partial charge in [0.1, 0.15) is 0 Å². The minimum Gasteiger partial charge on any atom is -0.120 e. The number of rotatable bonds is 3. The van der Waals surface area contributed by atoms with Crippen LogP contribution in [0.15, 0.2) is 45.8 Å². The van der Waals surface area contributed by atoms with E-state index in [2.05, 4.69) is 0 Å². The zero-order valence-electron chi connectivity index (χ0n) is 6.34. The second kappa shape index (κ2) is 5.52. The van der Waals surface area contributed by atoms with E-state index in [0.29, 0.717) is 5.03 Å². The van der Waals surface area contributed by atoms with Crippen LogP contribution in [0.5, 0.6) is 0 Å². The van der Waals surface area contributed by atoms with E-state index < -0.39 is 0 Å². The van der Waals surface area contributed by atoms with Gasteiger partial charge in [-0.3, -0.25) is 0 Å². The zero-order valence-corrected chi connectivity index (χ0v) is 8.66. The second-order valence-electron chi connectivity index (χ2n) is 2.16. The number of hydrogen-bond donors (Lipinski definition) is 0. The van der Waals surface area contributed by atoms with E-state index in [1.807, 2.05) is 30.3 Å². The Morgan fingerprint density at radius 1 is 1.33 bits per heavy atom. The van der Waals surface area contributed by atoms with Crippen molar-refractivity contribution in [1.82, 2.24) is 0 Å². The fourth-order valence-corrected chi connectivity index (χ4v) is 1.77. The summed E-state index contributed by atoms with van der Waals surface area (Å²) in [4.78, 5) is 1.20. The Morgan fingerprint density at radius 3 is 2.58 bits per heavy atom. The summed E-state index contributed by atoms with van der Waals surface area (Å²) in [5.74, 6) is 0.731. The average molecular weight is 219 g/mol. The van der Waals surface area contributed by atoms with Gasteiger partial charge in [-0.25, -0.2) is 0 Å². The van der Waals surface area contributed by atoms with Crippen LogP contribution in [0.1, 0.15) is 0 Å². The van der Waals surface area contributed by atoms with Crippen molar-refractivity contribution in [2.24, 2.45) is 0 Å². The van der Waals surface area contributed by atoms with Gasteiger partial charge in [-0.05, 0) is 12.1 Å². The standard InChI is InChI=1S/C9H8Cl2S/c10-6-8(11)7-12-9-4-2-1-3-5-9/h1-6H,7H2/b8-6+. The van der Waals surface area contributed by atoms with Crippen LogP contribution in [0.3, 0.4) is 0 Å². The summed E-state index contributed by atoms with van der Waals surface area (Å²) >= 11 is 12.8. The highest BCUT2D eigenvalue weighted by atomic mass is 35.5. The molecule has 12 heavy (non-hydrogen) atoms. The maximum atomic E-state index is 5.72. The van der Waals surface area contributed by atoms with Gasteiger partial charge in [0.25, 0.3) is 0 Å². The highest BCUT2D eigenvalue weighted by Crippen LogP contribution is 2.21. The molecule has 0 aliphatic heterocycles. The third-order valence-corrected chi connectivity index (χ3v) is 3.08. The largest absolute Gasteiger partial charge is 0.120 e. The van der Waals surface area contributed by atoms with Crippen LogP contribution in [0, 0.1) is 0 Å². The van der Waals surface area contributed by atoms with Crippen molar-refractivity contribution in [3.8, 4) is 0 Å². The van der Waals surface area contributed by atoms with Crippen molar-refractivity contribution in [2.75, 3.05) is 5.75 Å². The Bertz CT molecular complexity index is 256. The van der Waals surface area contributed by atoms with E-state index >= 15 is 0 Å². The Balaban J connectivity index is 2.44. The number of hydrogen-bond acceptors (Lipinski definition) is 1. The molecule has 3 heteroatoms. The van der Waals surface area contributed by atoms with Crippen molar-refractivity contribution >= 4 is 35.0 Å². The van der Waals surface area contributed by atoms with E-state index in [-0.39, 0.29) is 0 Å². The van der Waals surface area contributed by atoms with Crippen molar-refractivity contribution in [2.45, 2.75) is 4.90 Å². The summed E-state index contributed by atoms with van der Waals surface area (Å²) in [5.41, 5.74) is 1.40. The lowest BCUT2D eigenvalue weighted by Crippen LogP contribution is -1.76. The number of benzene rings is 1. The van der Waals surface area contributed by atoms with Crippen molar-refractivity contribution in [3.63, 3.8) is 0 Å². The number of halogens is 2. The van der Waals surface area contributed by atoms with Gasteiger partial charge in [0.05, 0.1) is 0 Å². The molecule has 0 radical (unpaired) electrons. The van der Waals surface area contributed by atoms with Gasteiger partial charge in [-0.1, -0.05) is 41.4 Å². The summed E-state index contributed by atoms with van der Waals surface area (Å²) in [6.45, 7) is 0. The summed E-state index contributed by atoms with van der Waals surface area (Å²) in [6, 6.07) is 10.1. The molecule has 0 bridgehead atoms. The summed E-state index contributed by atoms with van der Waals surface area (Å²) in [6.07, 6.45) is 0. The van der Waals surface area contributed by atoms with Gasteiger partial charge in [0.2, 0.25) is 0 Å². The maximum absolute atomic E-state index is 5.72. The van der Waals surface area contributed by atoms with E-state index in [9.17, 15) is 0 Å². The molecule has 0 aromatic heterocycles. The SMILES string of the molecule is Cl/C=C(/Cl)CSc1ccccc1. The van der Waals surface area contributed by atoms with Crippen LogP contribution in [-0.2, 0) is 0 Å². The third-order valence-electron chi connectivity index (χ3n) is 1.24. The minimum absolute atomic E-state index is 0.672. The molecule has 0 aliphatic carbocycles. The second-order valence-corrected chi connectivity index (χ2v) is 3.91. The summed E-state index contributed by atoms with van der Waals surface area (Å²) < 4.78 is 0. The van der Waals surface area contributed by atoms with Gasteiger partial charge < -0.3 is 0 Å². The molecular weight excluding hydrogens is 211 g/mol. The molecule has 64 valence electrons. The van der Waals surface area contributed by atoms with Crippen LogP contribution in [0.25, 0.3) is 0 Å². The quantitative estimate of drug-likeness (QED) is 0.689. The first kappa shape index (κ1) is 9.97. The lowest BCUT2D eigenvalue weighted by molar-refractivity contribution is 1.46. The van der Waals surface area contributed by atoms with Gasteiger partial charge in [-0.2, -0.15) is 0 Å². The molecule has 0 fully saturated rings. The molecule has 1 aromatic carbocycles. The first-order valence-corrected chi connectivity index (χ1v) is 5.25. The van der Waals surface area contributed by atoms with Crippen LogP contribution in [0.2, 0.25) is 0 Å². The Kier molecular flexibility index (Phi) is 4.59. The third kappa shape index (κ3) is 3.53. The smallest absolute Gasteiger partial charge is 0.0396 e. The molecule has 1 rings (SSSR count). The predicted molar refractivity (Wildman–Crippen MR) is 57.0 cm³/mol. The average Bonchev–Trinajstić information content (AvgIpc) is 2.16. The van der Waals surface area contributed by atoms with Crippen LogP contribution >= 0.6 is 35.0 Å². The van der Waals surface area contributed by atoms with E-state index in [1.54, 1.807) is 11.8 Å². The van der Waals surface area contributed by atoms with Crippen molar-refractivity contribution < 1.29 is 0 Å². The fraction of sp³-hybridized carbons (Fsp3) is 0.111. The van der Waals surface area contributed by atoms with Gasteiger partial charge >= 0.3 is 0 Å². The summed E-state index contributed by atoms with van der Waals surface area (Å²) in [7, 11) is 0. The Morgan fingerprint density at radius 2 is 2.00 bits per heavy atom. The topological polar surface area (TPSA) is 0 Å². The molecule has 0 saturated carbocycles. The molecule has 0 saturated heterocycles. The highest BCUT2D eigenvalue weighted by Gasteiger charge is 1.94. The zero-order chi connectivity index (χ0) is 8.81. The van der Waals surface area contributed by atoms with E-state index in [4.69, 9.17) is 23.2 Å². The van der Waals surface area contributed by atoms with Crippen molar-refractivity contribution in [1.29, 1.82) is 0 Å². The Labute approximate surface area is 86.6 Å². The molecule has 0 spiro atoms. The maximum Gasteiger partial charge on any atom is 0.0396 e. The Hall–Kier alpha value is -0.110. The van der Waals surface area contributed by atoms with Gasteiger partial charge in [-0.15, -0.1) is 11.8 Å². The molecule has 0 amide bonds. The van der Waals surface area contributed by atoms with Crippen LogP contribution in [0.4, 0.5) is 0 Å². The molecule has 0 N–H and O–H groups in total. The van der Waals surface area contributed by atoms with E-state index in [0.717, 1.165) is 5.75 Å².